The minimum Gasteiger partial charge on any atom is -0.497 e. The lowest BCUT2D eigenvalue weighted by atomic mass is 9.83. The molecule has 3 heterocycles. The third-order valence-corrected chi connectivity index (χ3v) is 6.52. The number of anilines is 2. The van der Waals surface area contributed by atoms with Crippen molar-refractivity contribution in [3.05, 3.63) is 88.3 Å². The maximum atomic E-state index is 13.2. The van der Waals surface area contributed by atoms with Crippen LogP contribution in [-0.4, -0.2) is 41.6 Å². The largest absolute Gasteiger partial charge is 0.497 e. The number of hydrogen-bond acceptors (Lipinski definition) is 4. The van der Waals surface area contributed by atoms with Crippen LogP contribution in [0.15, 0.2) is 71.5 Å². The van der Waals surface area contributed by atoms with Gasteiger partial charge in [0.25, 0.3) is 11.5 Å². The summed E-state index contributed by atoms with van der Waals surface area (Å²) in [6, 6.07) is 19.5. The molecule has 3 amide bonds. The van der Waals surface area contributed by atoms with Crippen LogP contribution in [0.2, 0.25) is 0 Å². The maximum Gasteiger partial charge on any atom is 0.321 e. The number of piperidine rings is 1. The number of ether oxygens (including phenoxy) is 1. The second-order valence-corrected chi connectivity index (χ2v) is 8.77. The standard InChI is InChI=1S/C26H26N4O4/c1-34-21-9-7-20(8-10-21)27-26(33)29-14-17-13-19(16-29)23-12-11-22(25(32)30(23)15-17)28-24(31)18-5-3-2-4-6-18/h2-12,17,19H,13-16H2,1H3,(H,27,33)(H,28,31)/t17-,19+/m0/s1. The van der Waals surface area contributed by atoms with Gasteiger partial charge in [-0.15, -0.1) is 0 Å². The van der Waals surface area contributed by atoms with E-state index in [1.54, 1.807) is 54.1 Å². The molecule has 174 valence electrons. The number of carbonyl (C=O) groups excluding carboxylic acids is 2. The summed E-state index contributed by atoms with van der Waals surface area (Å²) in [6.07, 6.45) is 0.932. The summed E-state index contributed by atoms with van der Waals surface area (Å²) in [5, 5.41) is 5.70. The molecule has 0 unspecified atom stereocenters. The fourth-order valence-electron chi connectivity index (χ4n) is 4.87. The van der Waals surface area contributed by atoms with E-state index in [1.165, 1.54) is 0 Å². The first kappa shape index (κ1) is 21.8. The average molecular weight is 459 g/mol. The number of amides is 3. The zero-order valence-electron chi connectivity index (χ0n) is 18.9. The third-order valence-electron chi connectivity index (χ3n) is 6.52. The van der Waals surface area contributed by atoms with Crippen LogP contribution in [0.25, 0.3) is 0 Å². The Morgan fingerprint density at radius 3 is 2.41 bits per heavy atom. The van der Waals surface area contributed by atoms with E-state index in [9.17, 15) is 14.4 Å². The molecule has 0 spiro atoms. The second kappa shape index (κ2) is 9.05. The van der Waals surface area contributed by atoms with Crippen molar-refractivity contribution in [1.29, 1.82) is 0 Å². The van der Waals surface area contributed by atoms with Crippen LogP contribution < -0.4 is 20.9 Å². The Kier molecular flexibility index (Phi) is 5.79. The molecular formula is C26H26N4O4. The van der Waals surface area contributed by atoms with Crippen LogP contribution in [0.1, 0.15) is 28.4 Å². The molecule has 5 rings (SSSR count). The Hall–Kier alpha value is -4.07. The molecule has 1 fully saturated rings. The smallest absolute Gasteiger partial charge is 0.321 e. The predicted molar refractivity (Wildman–Crippen MR) is 130 cm³/mol. The Balaban J connectivity index is 1.31. The summed E-state index contributed by atoms with van der Waals surface area (Å²) in [4.78, 5) is 40.4. The van der Waals surface area contributed by atoms with E-state index < -0.39 is 0 Å². The normalized spacial score (nSPS) is 18.6. The Bertz CT molecular complexity index is 1270. The summed E-state index contributed by atoms with van der Waals surface area (Å²) < 4.78 is 6.92. The fraction of sp³-hybridized carbons (Fsp3) is 0.269. The molecule has 2 bridgehead atoms. The highest BCUT2D eigenvalue weighted by molar-refractivity contribution is 6.04. The molecule has 8 nitrogen and oxygen atoms in total. The molecular weight excluding hydrogens is 432 g/mol. The van der Waals surface area contributed by atoms with Crippen LogP contribution in [0.3, 0.4) is 0 Å². The van der Waals surface area contributed by atoms with Gasteiger partial charge >= 0.3 is 6.03 Å². The molecule has 34 heavy (non-hydrogen) atoms. The van der Waals surface area contributed by atoms with Crippen LogP contribution in [0, 0.1) is 5.92 Å². The summed E-state index contributed by atoms with van der Waals surface area (Å²) in [5.74, 6) is 0.661. The molecule has 0 radical (unpaired) electrons. The van der Waals surface area contributed by atoms with Crippen molar-refractivity contribution in [2.24, 2.45) is 5.92 Å². The average Bonchev–Trinajstić information content (AvgIpc) is 2.87. The molecule has 0 aliphatic carbocycles. The molecule has 2 atom stereocenters. The summed E-state index contributed by atoms with van der Waals surface area (Å²) in [6.45, 7) is 1.63. The third kappa shape index (κ3) is 4.26. The Labute approximate surface area is 197 Å². The summed E-state index contributed by atoms with van der Waals surface area (Å²) in [5.41, 5.74) is 2.18. The van der Waals surface area contributed by atoms with E-state index in [4.69, 9.17) is 4.74 Å². The minimum absolute atomic E-state index is 0.0701. The van der Waals surface area contributed by atoms with Gasteiger partial charge in [-0.2, -0.15) is 0 Å². The monoisotopic (exact) mass is 458 g/mol. The highest BCUT2D eigenvalue weighted by Gasteiger charge is 2.36. The van der Waals surface area contributed by atoms with E-state index in [1.807, 2.05) is 29.2 Å². The van der Waals surface area contributed by atoms with Crippen LogP contribution in [-0.2, 0) is 6.54 Å². The van der Waals surface area contributed by atoms with Gasteiger partial charge in [-0.25, -0.2) is 4.79 Å². The lowest BCUT2D eigenvalue weighted by Crippen LogP contribution is -2.50. The first-order valence-electron chi connectivity index (χ1n) is 11.3. The summed E-state index contributed by atoms with van der Waals surface area (Å²) in [7, 11) is 1.60. The van der Waals surface area contributed by atoms with Crippen molar-refractivity contribution < 1.29 is 14.3 Å². The highest BCUT2D eigenvalue weighted by atomic mass is 16.5. The number of urea groups is 1. The van der Waals surface area contributed by atoms with Crippen molar-refractivity contribution in [3.63, 3.8) is 0 Å². The van der Waals surface area contributed by atoms with Gasteiger partial charge in [-0.3, -0.25) is 9.59 Å². The molecule has 2 aliphatic rings. The van der Waals surface area contributed by atoms with Gasteiger partial charge in [0, 0.05) is 42.5 Å². The number of fused-ring (bicyclic) bond motifs is 4. The number of rotatable bonds is 4. The second-order valence-electron chi connectivity index (χ2n) is 8.77. The predicted octanol–water partition coefficient (Wildman–Crippen LogP) is 3.76. The number of benzene rings is 2. The molecule has 1 aromatic heterocycles. The zero-order valence-corrected chi connectivity index (χ0v) is 18.9. The van der Waals surface area contributed by atoms with E-state index in [2.05, 4.69) is 10.6 Å². The van der Waals surface area contributed by atoms with Crippen molar-refractivity contribution >= 4 is 23.3 Å². The van der Waals surface area contributed by atoms with Gasteiger partial charge in [0.15, 0.2) is 0 Å². The molecule has 8 heteroatoms. The van der Waals surface area contributed by atoms with E-state index in [0.717, 1.165) is 17.9 Å². The van der Waals surface area contributed by atoms with Gasteiger partial charge in [0.1, 0.15) is 11.4 Å². The Morgan fingerprint density at radius 1 is 0.912 bits per heavy atom. The van der Waals surface area contributed by atoms with Crippen molar-refractivity contribution in [2.75, 3.05) is 30.8 Å². The molecule has 3 aromatic rings. The van der Waals surface area contributed by atoms with E-state index in [-0.39, 0.29) is 35.0 Å². The van der Waals surface area contributed by atoms with Gasteiger partial charge in [-0.05, 0) is 60.9 Å². The van der Waals surface area contributed by atoms with Crippen molar-refractivity contribution in [2.45, 2.75) is 18.9 Å². The lowest BCUT2D eigenvalue weighted by molar-refractivity contribution is 0.102. The molecule has 2 aromatic carbocycles. The van der Waals surface area contributed by atoms with E-state index >= 15 is 0 Å². The number of methoxy groups -OCH3 is 1. The summed E-state index contributed by atoms with van der Waals surface area (Å²) >= 11 is 0. The Morgan fingerprint density at radius 2 is 1.68 bits per heavy atom. The first-order chi connectivity index (χ1) is 16.5. The highest BCUT2D eigenvalue weighted by Crippen LogP contribution is 2.35. The number of nitrogens with one attached hydrogen (secondary N) is 2. The molecule has 0 saturated carbocycles. The fourth-order valence-corrected chi connectivity index (χ4v) is 4.87. The number of nitrogens with zero attached hydrogens (tertiary/aromatic N) is 2. The van der Waals surface area contributed by atoms with Gasteiger partial charge < -0.3 is 24.8 Å². The molecule has 2 aliphatic heterocycles. The number of carbonyl (C=O) groups is 2. The van der Waals surface area contributed by atoms with Crippen LogP contribution >= 0.6 is 0 Å². The lowest BCUT2D eigenvalue weighted by Gasteiger charge is -2.42. The SMILES string of the molecule is COc1ccc(NC(=O)N2C[C@@H]3C[C@H](C2)c2ccc(NC(=O)c4ccccc4)c(=O)n2C3)cc1. The number of hydrogen-bond donors (Lipinski definition) is 2. The number of aromatic nitrogens is 1. The van der Waals surface area contributed by atoms with Crippen LogP contribution in [0.4, 0.5) is 16.2 Å². The van der Waals surface area contributed by atoms with Crippen LogP contribution in [0.5, 0.6) is 5.75 Å². The number of likely N-dealkylation sites (tertiary alicyclic amines) is 1. The van der Waals surface area contributed by atoms with Gasteiger partial charge in [0.2, 0.25) is 0 Å². The first-order valence-corrected chi connectivity index (χ1v) is 11.3. The molecule has 2 N–H and O–H groups in total. The van der Waals surface area contributed by atoms with Gasteiger partial charge in [0.05, 0.1) is 7.11 Å². The molecule has 1 saturated heterocycles. The van der Waals surface area contributed by atoms with Crippen molar-refractivity contribution in [1.82, 2.24) is 9.47 Å². The maximum absolute atomic E-state index is 13.2. The minimum atomic E-state index is -0.310. The number of pyridine rings is 1. The zero-order chi connectivity index (χ0) is 23.7. The van der Waals surface area contributed by atoms with Gasteiger partial charge in [-0.1, -0.05) is 18.2 Å². The topological polar surface area (TPSA) is 92.7 Å². The van der Waals surface area contributed by atoms with E-state index in [0.29, 0.717) is 30.9 Å². The quantitative estimate of drug-likeness (QED) is 0.623. The van der Waals surface area contributed by atoms with Crippen molar-refractivity contribution in [3.8, 4) is 5.75 Å².